The van der Waals surface area contributed by atoms with E-state index in [1.54, 1.807) is 12.3 Å². The minimum atomic E-state index is -0.0841. The van der Waals surface area contributed by atoms with E-state index in [-0.39, 0.29) is 11.7 Å². The molecule has 0 bridgehead atoms. The average Bonchev–Trinajstić information content (AvgIpc) is 2.53. The lowest BCUT2D eigenvalue weighted by Crippen LogP contribution is -2.11. The number of carbonyl (C=O) groups excluding carboxylic acids is 1. The van der Waals surface area contributed by atoms with Crippen molar-refractivity contribution in [1.29, 1.82) is 0 Å². The number of rotatable bonds is 1. The molecular formula is C15H14N2O. The molecule has 1 N–H and O–H groups in total. The van der Waals surface area contributed by atoms with E-state index < -0.39 is 0 Å². The maximum atomic E-state index is 12.6. The number of anilines is 2. The van der Waals surface area contributed by atoms with Crippen molar-refractivity contribution >= 4 is 17.3 Å². The van der Waals surface area contributed by atoms with Gasteiger partial charge in [0.15, 0.2) is 5.78 Å². The highest BCUT2D eigenvalue weighted by Crippen LogP contribution is 2.36. The quantitative estimate of drug-likeness (QED) is 0.826. The van der Waals surface area contributed by atoms with Gasteiger partial charge in [0.05, 0.1) is 5.56 Å². The van der Waals surface area contributed by atoms with Crippen molar-refractivity contribution in [3.05, 3.63) is 53.7 Å². The van der Waals surface area contributed by atoms with E-state index in [0.717, 1.165) is 17.7 Å². The van der Waals surface area contributed by atoms with Gasteiger partial charge in [0.25, 0.3) is 0 Å². The number of fused-ring (bicyclic) bond motifs is 2. The van der Waals surface area contributed by atoms with Gasteiger partial charge < -0.3 is 5.32 Å². The first kappa shape index (κ1) is 11.0. The lowest BCUT2D eigenvalue weighted by Gasteiger charge is -2.13. The fourth-order valence-corrected chi connectivity index (χ4v) is 2.48. The lowest BCUT2D eigenvalue weighted by atomic mass is 9.89. The molecule has 90 valence electrons. The van der Waals surface area contributed by atoms with Gasteiger partial charge in [-0.05, 0) is 30.2 Å². The van der Waals surface area contributed by atoms with Crippen LogP contribution >= 0.6 is 0 Å². The number of pyridine rings is 1. The van der Waals surface area contributed by atoms with Gasteiger partial charge in [-0.1, -0.05) is 25.1 Å². The number of nitrogens with zero attached hydrogens (tertiary/aromatic N) is 1. The number of nitrogens with one attached hydrogen (secondary N) is 1. The molecule has 0 amide bonds. The minimum Gasteiger partial charge on any atom is -0.339 e. The van der Waals surface area contributed by atoms with Gasteiger partial charge in [0, 0.05) is 17.8 Å². The highest BCUT2D eigenvalue weighted by Gasteiger charge is 2.28. The van der Waals surface area contributed by atoms with Crippen LogP contribution in [0.4, 0.5) is 11.5 Å². The number of hydrogen-bond donors (Lipinski definition) is 1. The van der Waals surface area contributed by atoms with E-state index in [0.29, 0.717) is 11.4 Å². The first-order valence-electron chi connectivity index (χ1n) is 6.16. The molecule has 3 heteroatoms. The topological polar surface area (TPSA) is 42.0 Å². The summed E-state index contributed by atoms with van der Waals surface area (Å²) < 4.78 is 0. The highest BCUT2D eigenvalue weighted by atomic mass is 16.1. The fraction of sp³-hybridized carbons (Fsp3) is 0.200. The molecule has 1 aliphatic heterocycles. The van der Waals surface area contributed by atoms with Crippen molar-refractivity contribution in [1.82, 2.24) is 4.98 Å². The third-order valence-electron chi connectivity index (χ3n) is 3.39. The van der Waals surface area contributed by atoms with Crippen LogP contribution in [-0.2, 0) is 0 Å². The zero-order valence-corrected chi connectivity index (χ0v) is 10.2. The van der Waals surface area contributed by atoms with E-state index in [1.165, 1.54) is 0 Å². The van der Waals surface area contributed by atoms with E-state index in [2.05, 4.69) is 10.3 Å². The third-order valence-corrected chi connectivity index (χ3v) is 3.39. The Hall–Kier alpha value is -2.16. The van der Waals surface area contributed by atoms with E-state index in [1.807, 2.05) is 37.3 Å². The first-order chi connectivity index (χ1) is 8.81. The Bertz CT molecular complexity index is 607. The summed E-state index contributed by atoms with van der Waals surface area (Å²) in [4.78, 5) is 16.8. The maximum absolute atomic E-state index is 12.6. The largest absolute Gasteiger partial charge is 0.339 e. The van der Waals surface area contributed by atoms with Crippen molar-refractivity contribution < 1.29 is 4.79 Å². The molecule has 2 aromatic rings. The molecule has 0 aliphatic carbocycles. The van der Waals surface area contributed by atoms with Gasteiger partial charge in [-0.3, -0.25) is 4.79 Å². The van der Waals surface area contributed by atoms with Gasteiger partial charge in [-0.15, -0.1) is 0 Å². The molecule has 0 fully saturated rings. The van der Waals surface area contributed by atoms with Crippen LogP contribution in [0.2, 0.25) is 0 Å². The third kappa shape index (κ3) is 1.59. The van der Waals surface area contributed by atoms with E-state index in [9.17, 15) is 4.79 Å². The summed E-state index contributed by atoms with van der Waals surface area (Å²) in [5, 5.41) is 3.27. The second kappa shape index (κ2) is 4.26. The van der Waals surface area contributed by atoms with Crippen LogP contribution in [0.25, 0.3) is 0 Å². The maximum Gasteiger partial charge on any atom is 0.174 e. The Balaban J connectivity index is 2.23. The van der Waals surface area contributed by atoms with Gasteiger partial charge in [-0.25, -0.2) is 4.98 Å². The van der Waals surface area contributed by atoms with Crippen LogP contribution < -0.4 is 5.32 Å². The molecule has 1 aliphatic rings. The van der Waals surface area contributed by atoms with Gasteiger partial charge in [-0.2, -0.15) is 0 Å². The molecule has 18 heavy (non-hydrogen) atoms. The summed E-state index contributed by atoms with van der Waals surface area (Å²) in [5.41, 5.74) is 2.72. The van der Waals surface area contributed by atoms with E-state index >= 15 is 0 Å². The summed E-state index contributed by atoms with van der Waals surface area (Å²) in [6.07, 6.45) is 2.50. The van der Waals surface area contributed by atoms with Gasteiger partial charge in [0.1, 0.15) is 5.82 Å². The number of ketones is 1. The van der Waals surface area contributed by atoms with Crippen molar-refractivity contribution in [2.45, 2.75) is 19.3 Å². The van der Waals surface area contributed by atoms with Crippen molar-refractivity contribution in [2.24, 2.45) is 0 Å². The van der Waals surface area contributed by atoms with E-state index in [4.69, 9.17) is 0 Å². The molecule has 0 saturated heterocycles. The van der Waals surface area contributed by atoms with Gasteiger partial charge in [0.2, 0.25) is 0 Å². The Morgan fingerprint density at radius 2 is 2.06 bits per heavy atom. The van der Waals surface area contributed by atoms with Crippen molar-refractivity contribution in [3.63, 3.8) is 0 Å². The zero-order chi connectivity index (χ0) is 12.5. The number of aromatic nitrogens is 1. The number of benzene rings is 1. The second-order valence-corrected chi connectivity index (χ2v) is 4.44. The number of carbonyl (C=O) groups is 1. The monoisotopic (exact) mass is 238 g/mol. The van der Waals surface area contributed by atoms with Crippen molar-refractivity contribution in [3.8, 4) is 0 Å². The summed E-state index contributed by atoms with van der Waals surface area (Å²) in [7, 11) is 0. The minimum absolute atomic E-state index is 0.0841. The fourth-order valence-electron chi connectivity index (χ4n) is 2.48. The predicted molar refractivity (Wildman–Crippen MR) is 71.3 cm³/mol. The second-order valence-electron chi connectivity index (χ2n) is 4.44. The molecule has 0 radical (unpaired) electrons. The average molecular weight is 238 g/mol. The molecule has 1 aromatic heterocycles. The lowest BCUT2D eigenvalue weighted by molar-refractivity contribution is 0.0959. The Morgan fingerprint density at radius 3 is 2.89 bits per heavy atom. The van der Waals surface area contributed by atoms with Crippen LogP contribution in [0, 0.1) is 0 Å². The SMILES string of the molecule is CC[C@H]1C(=O)c2cccnc2Nc2ccccc21. The smallest absolute Gasteiger partial charge is 0.174 e. The van der Waals surface area contributed by atoms with Gasteiger partial charge >= 0.3 is 0 Å². The molecule has 0 spiro atoms. The summed E-state index contributed by atoms with van der Waals surface area (Å²) in [5.74, 6) is 0.725. The molecule has 1 atom stereocenters. The Kier molecular flexibility index (Phi) is 2.59. The predicted octanol–water partition coefficient (Wildman–Crippen LogP) is 3.52. The summed E-state index contributed by atoms with van der Waals surface area (Å²) in [6, 6.07) is 11.6. The molecule has 3 rings (SSSR count). The molecular weight excluding hydrogens is 224 g/mol. The number of Topliss-reactive ketones (excluding diaryl/α,β-unsaturated/α-hetero) is 1. The standard InChI is InChI=1S/C15H14N2O/c1-2-10-11-6-3-4-8-13(11)17-15-12(14(10)18)7-5-9-16-15/h3-10H,2H2,1H3,(H,16,17)/t10-/m1/s1. The molecule has 2 heterocycles. The Morgan fingerprint density at radius 1 is 1.22 bits per heavy atom. The van der Waals surface area contributed by atoms with Crippen LogP contribution in [-0.4, -0.2) is 10.8 Å². The first-order valence-corrected chi connectivity index (χ1v) is 6.16. The normalized spacial score (nSPS) is 17.4. The highest BCUT2D eigenvalue weighted by molar-refractivity contribution is 6.07. The number of hydrogen-bond acceptors (Lipinski definition) is 3. The zero-order valence-electron chi connectivity index (χ0n) is 10.2. The van der Waals surface area contributed by atoms with Crippen LogP contribution in [0.3, 0.4) is 0 Å². The van der Waals surface area contributed by atoms with Crippen molar-refractivity contribution in [2.75, 3.05) is 5.32 Å². The number of para-hydroxylation sites is 1. The summed E-state index contributed by atoms with van der Waals surface area (Å²) in [6.45, 7) is 2.04. The molecule has 0 unspecified atom stereocenters. The summed E-state index contributed by atoms with van der Waals surface area (Å²) >= 11 is 0. The molecule has 1 aromatic carbocycles. The van der Waals surface area contributed by atoms with Crippen LogP contribution in [0.15, 0.2) is 42.6 Å². The Labute approximate surface area is 106 Å². The van der Waals surface area contributed by atoms with Crippen LogP contribution in [0.5, 0.6) is 0 Å². The molecule has 0 saturated carbocycles. The molecule has 3 nitrogen and oxygen atoms in total. The van der Waals surface area contributed by atoms with Crippen LogP contribution in [0.1, 0.15) is 35.2 Å².